The van der Waals surface area contributed by atoms with E-state index in [2.05, 4.69) is 0 Å². The summed E-state index contributed by atoms with van der Waals surface area (Å²) in [6, 6.07) is 0. The summed E-state index contributed by atoms with van der Waals surface area (Å²) < 4.78 is 10.5. The molecule has 2 aliphatic rings. The lowest BCUT2D eigenvalue weighted by Crippen LogP contribution is -2.17. The number of rotatable bonds is 3. The molecule has 0 N–H and O–H groups in total. The normalized spacial score (nSPS) is 32.6. The summed E-state index contributed by atoms with van der Waals surface area (Å²) in [6.45, 7) is 1.90. The lowest BCUT2D eigenvalue weighted by atomic mass is 9.86. The minimum absolute atomic E-state index is 0.196. The molecule has 0 aromatic carbocycles. The maximum atomic E-state index is 10.6. The molecule has 1 saturated heterocycles. The Bertz CT molecular complexity index is 209. The quantitative estimate of drug-likeness (QED) is 0.513. The number of epoxide rings is 1. The highest BCUT2D eigenvalue weighted by atomic mass is 16.6. The Balaban J connectivity index is 1.67. The minimum atomic E-state index is -0.206. The van der Waals surface area contributed by atoms with Gasteiger partial charge >= 0.3 is 5.97 Å². The molecule has 1 heterocycles. The topological polar surface area (TPSA) is 38.8 Å². The molecule has 14 heavy (non-hydrogen) atoms. The van der Waals surface area contributed by atoms with Gasteiger partial charge < -0.3 is 9.47 Å². The van der Waals surface area contributed by atoms with E-state index in [0.29, 0.717) is 12.7 Å². The molecule has 2 rings (SSSR count). The molecule has 0 spiro atoms. The van der Waals surface area contributed by atoms with Crippen LogP contribution in [0.25, 0.3) is 0 Å². The largest absolute Gasteiger partial charge is 0.463 e. The van der Waals surface area contributed by atoms with E-state index in [1.807, 2.05) is 0 Å². The van der Waals surface area contributed by atoms with Gasteiger partial charge in [0.15, 0.2) is 0 Å². The summed E-state index contributed by atoms with van der Waals surface area (Å²) in [6.07, 6.45) is 7.22. The third-order valence-electron chi connectivity index (χ3n) is 3.19. The van der Waals surface area contributed by atoms with Crippen molar-refractivity contribution < 1.29 is 14.3 Å². The monoisotopic (exact) mass is 198 g/mol. The first kappa shape index (κ1) is 9.97. The lowest BCUT2D eigenvalue weighted by Gasteiger charge is -2.19. The van der Waals surface area contributed by atoms with Crippen LogP contribution in [0.1, 0.15) is 39.0 Å². The van der Waals surface area contributed by atoms with E-state index in [-0.39, 0.29) is 12.1 Å². The molecule has 3 nitrogen and oxygen atoms in total. The van der Waals surface area contributed by atoms with Gasteiger partial charge in [0.2, 0.25) is 0 Å². The number of carbonyl (C=O) groups excluding carboxylic acids is 1. The number of hydrogen-bond donors (Lipinski definition) is 0. The summed E-state index contributed by atoms with van der Waals surface area (Å²) in [5.41, 5.74) is 0. The van der Waals surface area contributed by atoms with Crippen molar-refractivity contribution in [2.75, 3.05) is 6.61 Å². The molecule has 3 heteroatoms. The van der Waals surface area contributed by atoms with Crippen LogP contribution in [0.4, 0.5) is 0 Å². The standard InChI is InChI=1S/C11H18O3/c1-8(12)13-7-10-11(14-10)9-5-3-2-4-6-9/h9-11H,2-7H2,1H3/t10-,11-/m0/s1. The fourth-order valence-corrected chi connectivity index (χ4v) is 2.37. The SMILES string of the molecule is CC(=O)OC[C@@H]1O[C@H]1C1CCCCC1. The lowest BCUT2D eigenvalue weighted by molar-refractivity contribution is -0.141. The Kier molecular flexibility index (Phi) is 3.06. The van der Waals surface area contributed by atoms with Crippen LogP contribution in [-0.4, -0.2) is 24.8 Å². The second kappa shape index (κ2) is 4.30. The molecule has 0 aromatic rings. The predicted octanol–water partition coefficient (Wildman–Crippen LogP) is 1.90. The molecule has 2 atom stereocenters. The van der Waals surface area contributed by atoms with Crippen LogP contribution in [0.5, 0.6) is 0 Å². The van der Waals surface area contributed by atoms with E-state index < -0.39 is 0 Å². The molecule has 1 aliphatic carbocycles. The molecule has 2 fully saturated rings. The second-order valence-corrected chi connectivity index (χ2v) is 4.34. The fraction of sp³-hybridized carbons (Fsp3) is 0.909. The van der Waals surface area contributed by atoms with Crippen LogP contribution in [0.15, 0.2) is 0 Å². The summed E-state index contributed by atoms with van der Waals surface area (Å²) in [5.74, 6) is 0.521. The first-order valence-electron chi connectivity index (χ1n) is 5.56. The zero-order valence-corrected chi connectivity index (χ0v) is 8.70. The van der Waals surface area contributed by atoms with Gasteiger partial charge in [-0.05, 0) is 18.8 Å². The minimum Gasteiger partial charge on any atom is -0.463 e. The van der Waals surface area contributed by atoms with Crippen molar-refractivity contribution in [3.63, 3.8) is 0 Å². The van der Waals surface area contributed by atoms with Gasteiger partial charge in [0, 0.05) is 6.92 Å². The van der Waals surface area contributed by atoms with E-state index >= 15 is 0 Å². The zero-order chi connectivity index (χ0) is 9.97. The van der Waals surface area contributed by atoms with E-state index in [0.717, 1.165) is 5.92 Å². The van der Waals surface area contributed by atoms with Crippen molar-refractivity contribution in [3.8, 4) is 0 Å². The van der Waals surface area contributed by atoms with Crippen LogP contribution < -0.4 is 0 Å². The predicted molar refractivity (Wildman–Crippen MR) is 51.9 cm³/mol. The van der Waals surface area contributed by atoms with Gasteiger partial charge in [0.25, 0.3) is 0 Å². The van der Waals surface area contributed by atoms with Gasteiger partial charge in [0.1, 0.15) is 12.7 Å². The Morgan fingerprint density at radius 2 is 2.07 bits per heavy atom. The molecule has 1 saturated carbocycles. The first-order chi connectivity index (χ1) is 6.77. The highest BCUT2D eigenvalue weighted by Crippen LogP contribution is 2.38. The number of carbonyl (C=O) groups is 1. The van der Waals surface area contributed by atoms with E-state index in [1.54, 1.807) is 0 Å². The van der Waals surface area contributed by atoms with Crippen molar-refractivity contribution >= 4 is 5.97 Å². The maximum Gasteiger partial charge on any atom is 0.302 e. The van der Waals surface area contributed by atoms with E-state index in [9.17, 15) is 4.79 Å². The fourth-order valence-electron chi connectivity index (χ4n) is 2.37. The molecule has 0 bridgehead atoms. The van der Waals surface area contributed by atoms with Gasteiger partial charge in [-0.25, -0.2) is 0 Å². The van der Waals surface area contributed by atoms with Crippen LogP contribution in [-0.2, 0) is 14.3 Å². The van der Waals surface area contributed by atoms with Crippen LogP contribution in [0.2, 0.25) is 0 Å². The van der Waals surface area contributed by atoms with Gasteiger partial charge in [-0.2, -0.15) is 0 Å². The smallest absolute Gasteiger partial charge is 0.302 e. The third kappa shape index (κ3) is 2.47. The third-order valence-corrected chi connectivity index (χ3v) is 3.19. The van der Waals surface area contributed by atoms with E-state index in [4.69, 9.17) is 9.47 Å². The van der Waals surface area contributed by atoms with Crippen molar-refractivity contribution in [2.24, 2.45) is 5.92 Å². The number of ether oxygens (including phenoxy) is 2. The molecule has 0 radical (unpaired) electrons. The summed E-state index contributed by atoms with van der Waals surface area (Å²) in [7, 11) is 0. The maximum absolute atomic E-state index is 10.6. The Labute approximate surface area is 84.8 Å². The van der Waals surface area contributed by atoms with Crippen molar-refractivity contribution in [1.82, 2.24) is 0 Å². The average molecular weight is 198 g/mol. The van der Waals surface area contributed by atoms with Crippen LogP contribution in [0, 0.1) is 5.92 Å². The highest BCUT2D eigenvalue weighted by Gasteiger charge is 2.45. The zero-order valence-electron chi connectivity index (χ0n) is 8.70. The Morgan fingerprint density at radius 1 is 1.36 bits per heavy atom. The molecule has 1 aliphatic heterocycles. The second-order valence-electron chi connectivity index (χ2n) is 4.34. The summed E-state index contributed by atoms with van der Waals surface area (Å²) in [5, 5.41) is 0. The average Bonchev–Trinajstić information content (AvgIpc) is 2.95. The number of hydrogen-bond acceptors (Lipinski definition) is 3. The molecule has 0 unspecified atom stereocenters. The Hall–Kier alpha value is -0.570. The van der Waals surface area contributed by atoms with Gasteiger partial charge in [-0.15, -0.1) is 0 Å². The van der Waals surface area contributed by atoms with Crippen LogP contribution >= 0.6 is 0 Å². The molecular formula is C11H18O3. The van der Waals surface area contributed by atoms with Gasteiger partial charge in [-0.1, -0.05) is 19.3 Å². The molecule has 0 amide bonds. The summed E-state index contributed by atoms with van der Waals surface area (Å²) in [4.78, 5) is 10.6. The molecule has 80 valence electrons. The van der Waals surface area contributed by atoms with Gasteiger partial charge in [-0.3, -0.25) is 4.79 Å². The van der Waals surface area contributed by atoms with Crippen molar-refractivity contribution in [1.29, 1.82) is 0 Å². The van der Waals surface area contributed by atoms with Gasteiger partial charge in [0.05, 0.1) is 6.10 Å². The highest BCUT2D eigenvalue weighted by molar-refractivity contribution is 5.65. The molecular weight excluding hydrogens is 180 g/mol. The van der Waals surface area contributed by atoms with Crippen LogP contribution in [0.3, 0.4) is 0 Å². The van der Waals surface area contributed by atoms with Crippen molar-refractivity contribution in [2.45, 2.75) is 51.2 Å². The first-order valence-corrected chi connectivity index (χ1v) is 5.56. The summed E-state index contributed by atoms with van der Waals surface area (Å²) >= 11 is 0. The molecule has 0 aromatic heterocycles. The van der Waals surface area contributed by atoms with Crippen molar-refractivity contribution in [3.05, 3.63) is 0 Å². The Morgan fingerprint density at radius 3 is 2.71 bits per heavy atom. The van der Waals surface area contributed by atoms with E-state index in [1.165, 1.54) is 39.0 Å². The number of esters is 1.